The minimum Gasteiger partial charge on any atom is -0.327 e. The van der Waals surface area contributed by atoms with Gasteiger partial charge in [-0.3, -0.25) is 0 Å². The average molecular weight is 179 g/mol. The molecule has 0 aliphatic heterocycles. The average Bonchev–Trinajstić information content (AvgIpc) is 2.73. The van der Waals surface area contributed by atoms with Crippen LogP contribution in [-0.4, -0.2) is 6.04 Å². The standard InChI is InChI=1S/C12H21N/c1-8-4-5-12(7-8)10-3-2-9(6-10)11(12)13/h8-11H,2-7,13H2,1H3/t8-,9-,10+,11-,12+/m0/s1. The lowest BCUT2D eigenvalue weighted by atomic mass is 9.68. The summed E-state index contributed by atoms with van der Waals surface area (Å²) < 4.78 is 0. The molecule has 0 radical (unpaired) electrons. The smallest absolute Gasteiger partial charge is 0.0127 e. The Labute approximate surface area is 81.1 Å². The van der Waals surface area contributed by atoms with Gasteiger partial charge in [0.25, 0.3) is 0 Å². The zero-order valence-electron chi connectivity index (χ0n) is 8.63. The van der Waals surface area contributed by atoms with Crippen molar-refractivity contribution in [1.82, 2.24) is 0 Å². The number of hydrogen-bond acceptors (Lipinski definition) is 1. The quantitative estimate of drug-likeness (QED) is 0.607. The van der Waals surface area contributed by atoms with Gasteiger partial charge in [0.1, 0.15) is 0 Å². The second kappa shape index (κ2) is 2.50. The molecule has 3 rings (SSSR count). The molecule has 3 saturated carbocycles. The van der Waals surface area contributed by atoms with Crippen LogP contribution in [0.25, 0.3) is 0 Å². The van der Waals surface area contributed by atoms with Gasteiger partial charge >= 0.3 is 0 Å². The van der Waals surface area contributed by atoms with Crippen LogP contribution in [0, 0.1) is 23.2 Å². The second-order valence-electron chi connectivity index (χ2n) is 5.88. The third-order valence-electron chi connectivity index (χ3n) is 5.29. The van der Waals surface area contributed by atoms with Gasteiger partial charge in [0.05, 0.1) is 0 Å². The van der Waals surface area contributed by atoms with Crippen LogP contribution in [0.5, 0.6) is 0 Å². The lowest BCUT2D eigenvalue weighted by Gasteiger charge is -2.39. The molecule has 2 N–H and O–H groups in total. The zero-order valence-corrected chi connectivity index (χ0v) is 8.63. The van der Waals surface area contributed by atoms with Gasteiger partial charge < -0.3 is 5.73 Å². The highest BCUT2D eigenvalue weighted by Crippen LogP contribution is 2.62. The first-order valence-corrected chi connectivity index (χ1v) is 5.98. The number of hydrogen-bond donors (Lipinski definition) is 1. The molecule has 1 nitrogen and oxygen atoms in total. The van der Waals surface area contributed by atoms with Gasteiger partial charge in [-0.1, -0.05) is 13.3 Å². The summed E-state index contributed by atoms with van der Waals surface area (Å²) >= 11 is 0. The predicted octanol–water partition coefficient (Wildman–Crippen LogP) is 2.55. The topological polar surface area (TPSA) is 26.0 Å². The summed E-state index contributed by atoms with van der Waals surface area (Å²) in [7, 11) is 0. The van der Waals surface area contributed by atoms with E-state index < -0.39 is 0 Å². The van der Waals surface area contributed by atoms with Crippen molar-refractivity contribution in [3.63, 3.8) is 0 Å². The van der Waals surface area contributed by atoms with Gasteiger partial charge in [0.2, 0.25) is 0 Å². The summed E-state index contributed by atoms with van der Waals surface area (Å²) in [4.78, 5) is 0. The van der Waals surface area contributed by atoms with E-state index in [1.165, 1.54) is 38.5 Å². The highest BCUT2D eigenvalue weighted by atomic mass is 14.8. The maximum absolute atomic E-state index is 6.42. The monoisotopic (exact) mass is 179 g/mol. The predicted molar refractivity (Wildman–Crippen MR) is 54.3 cm³/mol. The molecule has 5 atom stereocenters. The Morgan fingerprint density at radius 2 is 2.08 bits per heavy atom. The van der Waals surface area contributed by atoms with Gasteiger partial charge in [-0.25, -0.2) is 0 Å². The highest BCUT2D eigenvalue weighted by Gasteiger charge is 2.58. The first-order chi connectivity index (χ1) is 6.22. The molecule has 3 aliphatic rings. The first-order valence-electron chi connectivity index (χ1n) is 5.98. The molecule has 0 aromatic carbocycles. The van der Waals surface area contributed by atoms with Crippen LogP contribution >= 0.6 is 0 Å². The molecule has 13 heavy (non-hydrogen) atoms. The molecule has 0 aromatic heterocycles. The maximum atomic E-state index is 6.42. The van der Waals surface area contributed by atoms with Crippen molar-refractivity contribution in [2.45, 2.75) is 51.5 Å². The summed E-state index contributed by atoms with van der Waals surface area (Å²) in [5.41, 5.74) is 7.04. The molecule has 0 saturated heterocycles. The van der Waals surface area contributed by atoms with Crippen molar-refractivity contribution in [2.75, 3.05) is 0 Å². The third kappa shape index (κ3) is 0.918. The SMILES string of the molecule is C[C@H]1CC[C@@]2(C1)[C@@H]1CC[C@@H](C1)[C@@H]2N. The van der Waals surface area contributed by atoms with Crippen LogP contribution in [-0.2, 0) is 0 Å². The maximum Gasteiger partial charge on any atom is 0.0127 e. The summed E-state index contributed by atoms with van der Waals surface area (Å²) in [6.45, 7) is 2.41. The van der Waals surface area contributed by atoms with Crippen molar-refractivity contribution >= 4 is 0 Å². The Hall–Kier alpha value is -0.0400. The molecule has 0 heterocycles. The van der Waals surface area contributed by atoms with E-state index in [0.29, 0.717) is 11.5 Å². The highest BCUT2D eigenvalue weighted by molar-refractivity contribution is 5.10. The van der Waals surface area contributed by atoms with E-state index in [9.17, 15) is 0 Å². The Balaban J connectivity index is 1.90. The van der Waals surface area contributed by atoms with Crippen LogP contribution in [0.1, 0.15) is 45.4 Å². The summed E-state index contributed by atoms with van der Waals surface area (Å²) in [5, 5.41) is 0. The first kappa shape index (κ1) is 8.28. The molecule has 3 fully saturated rings. The van der Waals surface area contributed by atoms with E-state index >= 15 is 0 Å². The van der Waals surface area contributed by atoms with Crippen LogP contribution in [0.4, 0.5) is 0 Å². The molecule has 0 unspecified atom stereocenters. The Morgan fingerprint density at radius 1 is 1.23 bits per heavy atom. The largest absolute Gasteiger partial charge is 0.327 e. The molecule has 2 bridgehead atoms. The minimum atomic E-state index is 0.566. The van der Waals surface area contributed by atoms with Gasteiger partial charge in [0.15, 0.2) is 0 Å². The Bertz CT molecular complexity index is 221. The van der Waals surface area contributed by atoms with E-state index in [0.717, 1.165) is 17.8 Å². The van der Waals surface area contributed by atoms with Gasteiger partial charge in [-0.05, 0) is 55.3 Å². The van der Waals surface area contributed by atoms with E-state index in [4.69, 9.17) is 5.73 Å². The molecule has 0 amide bonds. The summed E-state index contributed by atoms with van der Waals surface area (Å²) in [6, 6.07) is 0.566. The second-order valence-corrected chi connectivity index (χ2v) is 5.88. The molecule has 1 heteroatoms. The van der Waals surface area contributed by atoms with Crippen molar-refractivity contribution in [2.24, 2.45) is 28.9 Å². The Morgan fingerprint density at radius 3 is 2.62 bits per heavy atom. The fourth-order valence-electron chi connectivity index (χ4n) is 4.65. The normalized spacial score (nSPS) is 59.5. The van der Waals surface area contributed by atoms with Gasteiger partial charge in [-0.2, -0.15) is 0 Å². The van der Waals surface area contributed by atoms with Gasteiger partial charge in [0, 0.05) is 6.04 Å². The van der Waals surface area contributed by atoms with E-state index in [1.807, 2.05) is 0 Å². The van der Waals surface area contributed by atoms with Gasteiger partial charge in [-0.15, -0.1) is 0 Å². The summed E-state index contributed by atoms with van der Waals surface area (Å²) in [5.74, 6) is 2.86. The molecular formula is C12H21N. The lowest BCUT2D eigenvalue weighted by molar-refractivity contribution is 0.134. The third-order valence-corrected chi connectivity index (χ3v) is 5.29. The number of nitrogens with two attached hydrogens (primary N) is 1. The fourth-order valence-corrected chi connectivity index (χ4v) is 4.65. The summed E-state index contributed by atoms with van der Waals surface area (Å²) in [6.07, 6.45) is 8.71. The Kier molecular flexibility index (Phi) is 1.59. The fraction of sp³-hybridized carbons (Fsp3) is 1.00. The number of rotatable bonds is 0. The molecule has 74 valence electrons. The number of fused-ring (bicyclic) bond motifs is 3. The van der Waals surface area contributed by atoms with Crippen molar-refractivity contribution in [3.05, 3.63) is 0 Å². The van der Waals surface area contributed by atoms with E-state index in [2.05, 4.69) is 6.92 Å². The van der Waals surface area contributed by atoms with Crippen molar-refractivity contribution in [1.29, 1.82) is 0 Å². The van der Waals surface area contributed by atoms with Crippen LogP contribution in [0.2, 0.25) is 0 Å². The molecule has 3 aliphatic carbocycles. The molecular weight excluding hydrogens is 158 g/mol. The van der Waals surface area contributed by atoms with Crippen LogP contribution in [0.3, 0.4) is 0 Å². The van der Waals surface area contributed by atoms with Crippen LogP contribution in [0.15, 0.2) is 0 Å². The van der Waals surface area contributed by atoms with Crippen LogP contribution < -0.4 is 5.73 Å². The van der Waals surface area contributed by atoms with Crippen molar-refractivity contribution < 1.29 is 0 Å². The van der Waals surface area contributed by atoms with E-state index in [-0.39, 0.29) is 0 Å². The van der Waals surface area contributed by atoms with Crippen molar-refractivity contribution in [3.8, 4) is 0 Å². The molecule has 1 spiro atoms. The van der Waals surface area contributed by atoms with E-state index in [1.54, 1.807) is 0 Å². The zero-order chi connectivity index (χ0) is 9.05. The lowest BCUT2D eigenvalue weighted by Crippen LogP contribution is -2.44. The molecule has 0 aromatic rings. The minimum absolute atomic E-state index is 0.566.